The molecular weight excluding hydrogens is 429 g/mol. The molecule has 5 nitrogen and oxygen atoms in total. The molecule has 0 unspecified atom stereocenters. The molecule has 0 fully saturated rings. The molecule has 0 saturated heterocycles. The molecule has 3 aromatic rings. The molecule has 0 heterocycles. The molecule has 0 bridgehead atoms. The Morgan fingerprint density at radius 2 is 1.59 bits per heavy atom. The van der Waals surface area contributed by atoms with Gasteiger partial charge in [0.05, 0.1) is 0 Å². The fourth-order valence-electron chi connectivity index (χ4n) is 3.29. The highest BCUT2D eigenvalue weighted by molar-refractivity contribution is 7.87. The van der Waals surface area contributed by atoms with Crippen LogP contribution in [0.25, 0.3) is 0 Å². The quantitative estimate of drug-likeness (QED) is 0.438. The van der Waals surface area contributed by atoms with E-state index in [1.807, 2.05) is 31.2 Å². The second kappa shape index (κ2) is 9.96. The summed E-state index contributed by atoms with van der Waals surface area (Å²) in [7, 11) is -4.07. The summed E-state index contributed by atoms with van der Waals surface area (Å²) < 4.78 is 43.0. The van der Waals surface area contributed by atoms with Crippen molar-refractivity contribution in [2.75, 3.05) is 6.54 Å². The molecule has 0 atom stereocenters. The van der Waals surface area contributed by atoms with Crippen LogP contribution in [0.1, 0.15) is 35.3 Å². The van der Waals surface area contributed by atoms with E-state index < -0.39 is 15.9 Å². The number of halogens is 1. The molecule has 3 rings (SSSR count). The van der Waals surface area contributed by atoms with Crippen molar-refractivity contribution in [1.82, 2.24) is 4.90 Å². The van der Waals surface area contributed by atoms with Gasteiger partial charge in [-0.3, -0.25) is 4.79 Å². The van der Waals surface area contributed by atoms with E-state index in [2.05, 4.69) is 13.8 Å². The molecule has 0 aliphatic rings. The predicted octanol–water partition coefficient (Wildman–Crippen LogP) is 5.20. The van der Waals surface area contributed by atoms with Crippen molar-refractivity contribution >= 4 is 16.0 Å². The zero-order chi connectivity index (χ0) is 23.3. The number of benzene rings is 3. The summed E-state index contributed by atoms with van der Waals surface area (Å²) in [5.74, 6) is -0.152. The highest BCUT2D eigenvalue weighted by Crippen LogP contribution is 2.21. The van der Waals surface area contributed by atoms with Crippen molar-refractivity contribution in [3.05, 3.63) is 95.3 Å². The van der Waals surface area contributed by atoms with Crippen molar-refractivity contribution in [1.29, 1.82) is 0 Å². The smallest absolute Gasteiger partial charge is 0.339 e. The van der Waals surface area contributed by atoms with Crippen molar-refractivity contribution in [2.24, 2.45) is 5.92 Å². The van der Waals surface area contributed by atoms with E-state index in [9.17, 15) is 17.6 Å². The van der Waals surface area contributed by atoms with Gasteiger partial charge in [0.1, 0.15) is 16.5 Å². The maximum absolute atomic E-state index is 13.1. The molecular formula is C25H26FNO4S. The van der Waals surface area contributed by atoms with E-state index in [-0.39, 0.29) is 22.5 Å². The van der Waals surface area contributed by atoms with Crippen LogP contribution in [0, 0.1) is 18.7 Å². The Hall–Kier alpha value is -3.19. The van der Waals surface area contributed by atoms with E-state index in [1.165, 1.54) is 0 Å². The molecule has 3 aromatic carbocycles. The summed E-state index contributed by atoms with van der Waals surface area (Å²) in [5.41, 5.74) is 2.43. The Labute approximate surface area is 188 Å². The Kier molecular flexibility index (Phi) is 7.30. The second-order valence-electron chi connectivity index (χ2n) is 8.03. The van der Waals surface area contributed by atoms with E-state index in [4.69, 9.17) is 4.18 Å². The first-order valence-electron chi connectivity index (χ1n) is 10.3. The first-order chi connectivity index (χ1) is 15.2. The number of amides is 1. The maximum atomic E-state index is 13.1. The van der Waals surface area contributed by atoms with Gasteiger partial charge in [0.2, 0.25) is 0 Å². The molecule has 0 aromatic heterocycles. The summed E-state index contributed by atoms with van der Waals surface area (Å²) in [5, 5.41) is 0. The lowest BCUT2D eigenvalue weighted by Gasteiger charge is -2.25. The maximum Gasteiger partial charge on any atom is 0.339 e. The molecule has 0 spiro atoms. The summed E-state index contributed by atoms with van der Waals surface area (Å²) in [6, 6.07) is 18.5. The highest BCUT2D eigenvalue weighted by Gasteiger charge is 2.20. The van der Waals surface area contributed by atoms with Gasteiger partial charge in [-0.25, -0.2) is 4.39 Å². The van der Waals surface area contributed by atoms with E-state index in [0.29, 0.717) is 18.7 Å². The average molecular weight is 456 g/mol. The fourth-order valence-corrected chi connectivity index (χ4v) is 4.22. The van der Waals surface area contributed by atoms with Crippen LogP contribution in [0.4, 0.5) is 4.39 Å². The van der Waals surface area contributed by atoms with Crippen LogP contribution in [-0.2, 0) is 16.7 Å². The lowest BCUT2D eigenvalue weighted by atomic mass is 10.1. The number of carbonyl (C=O) groups excluding carboxylic acids is 1. The van der Waals surface area contributed by atoms with Gasteiger partial charge in [-0.1, -0.05) is 44.2 Å². The number of nitrogens with zero attached hydrogens (tertiary/aromatic N) is 1. The molecule has 0 saturated carbocycles. The van der Waals surface area contributed by atoms with Crippen LogP contribution in [0.5, 0.6) is 5.75 Å². The number of hydrogen-bond acceptors (Lipinski definition) is 4. The number of rotatable bonds is 8. The summed E-state index contributed by atoms with van der Waals surface area (Å²) in [4.78, 5) is 14.8. The van der Waals surface area contributed by atoms with E-state index >= 15 is 0 Å². The number of aryl methyl sites for hydroxylation is 1. The first-order valence-corrected chi connectivity index (χ1v) is 11.7. The highest BCUT2D eigenvalue weighted by atomic mass is 32.2. The number of carbonyl (C=O) groups is 1. The van der Waals surface area contributed by atoms with Gasteiger partial charge in [-0.15, -0.1) is 0 Å². The second-order valence-corrected chi connectivity index (χ2v) is 9.58. The Morgan fingerprint density at radius 3 is 2.19 bits per heavy atom. The third kappa shape index (κ3) is 5.95. The molecule has 168 valence electrons. The van der Waals surface area contributed by atoms with Gasteiger partial charge < -0.3 is 9.08 Å². The number of hydrogen-bond donors (Lipinski definition) is 0. The first kappa shape index (κ1) is 23.5. The minimum Gasteiger partial charge on any atom is -0.379 e. The summed E-state index contributed by atoms with van der Waals surface area (Å²) >= 11 is 0. The third-order valence-electron chi connectivity index (χ3n) is 4.85. The van der Waals surface area contributed by atoms with Crippen LogP contribution >= 0.6 is 0 Å². The summed E-state index contributed by atoms with van der Waals surface area (Å²) in [6.07, 6.45) is 0. The van der Waals surface area contributed by atoms with Gasteiger partial charge in [-0.05, 0) is 66.4 Å². The monoisotopic (exact) mass is 455 g/mol. The standard InChI is InChI=1S/C25H26FNO4S/c1-18(2)16-27(25(28)24-7-5-4-6-19(24)3)17-20-8-12-22(13-9-20)31-32(29,30)23-14-10-21(26)11-15-23/h4-15,18H,16-17H2,1-3H3. The Balaban J connectivity index is 1.75. The lowest BCUT2D eigenvalue weighted by molar-refractivity contribution is 0.0722. The van der Waals surface area contributed by atoms with E-state index in [1.54, 1.807) is 29.2 Å². The van der Waals surface area contributed by atoms with Gasteiger partial charge in [-0.2, -0.15) is 8.42 Å². The zero-order valence-electron chi connectivity index (χ0n) is 18.3. The molecule has 32 heavy (non-hydrogen) atoms. The third-order valence-corrected chi connectivity index (χ3v) is 6.11. The minimum atomic E-state index is -4.07. The van der Waals surface area contributed by atoms with Crippen LogP contribution < -0.4 is 4.18 Å². The molecule has 0 N–H and O–H groups in total. The van der Waals surface area contributed by atoms with Crippen LogP contribution in [0.15, 0.2) is 77.7 Å². The lowest BCUT2D eigenvalue weighted by Crippen LogP contribution is -2.34. The van der Waals surface area contributed by atoms with Crippen LogP contribution in [-0.4, -0.2) is 25.8 Å². The van der Waals surface area contributed by atoms with Crippen molar-refractivity contribution in [3.8, 4) is 5.75 Å². The minimum absolute atomic E-state index is 0.0454. The molecule has 7 heteroatoms. The van der Waals surface area contributed by atoms with Gasteiger partial charge in [0.15, 0.2) is 0 Å². The van der Waals surface area contributed by atoms with Crippen molar-refractivity contribution in [3.63, 3.8) is 0 Å². The average Bonchev–Trinajstić information content (AvgIpc) is 2.74. The van der Waals surface area contributed by atoms with E-state index in [0.717, 1.165) is 35.4 Å². The summed E-state index contributed by atoms with van der Waals surface area (Å²) in [6.45, 7) is 6.99. The zero-order valence-corrected chi connectivity index (χ0v) is 19.1. The molecule has 0 aliphatic heterocycles. The Morgan fingerprint density at radius 1 is 0.969 bits per heavy atom. The van der Waals surface area contributed by atoms with Crippen LogP contribution in [0.3, 0.4) is 0 Å². The Bertz CT molecular complexity index is 1170. The topological polar surface area (TPSA) is 63.7 Å². The van der Waals surface area contributed by atoms with Crippen molar-refractivity contribution < 1.29 is 21.8 Å². The van der Waals surface area contributed by atoms with Crippen LogP contribution in [0.2, 0.25) is 0 Å². The molecule has 0 aliphatic carbocycles. The SMILES string of the molecule is Cc1ccccc1C(=O)N(Cc1ccc(OS(=O)(=O)c2ccc(F)cc2)cc1)CC(C)C. The van der Waals surface area contributed by atoms with Gasteiger partial charge in [0, 0.05) is 18.7 Å². The van der Waals surface area contributed by atoms with Gasteiger partial charge in [0.25, 0.3) is 5.91 Å². The molecule has 1 amide bonds. The normalized spacial score (nSPS) is 11.4. The largest absolute Gasteiger partial charge is 0.379 e. The van der Waals surface area contributed by atoms with Crippen molar-refractivity contribution in [2.45, 2.75) is 32.2 Å². The fraction of sp³-hybridized carbons (Fsp3) is 0.240. The molecule has 0 radical (unpaired) electrons. The predicted molar refractivity (Wildman–Crippen MR) is 121 cm³/mol. The van der Waals surface area contributed by atoms with Gasteiger partial charge >= 0.3 is 10.1 Å².